The quantitative estimate of drug-likeness (QED) is 0.842. The van der Waals surface area contributed by atoms with Gasteiger partial charge in [0.25, 0.3) is 0 Å². The van der Waals surface area contributed by atoms with Gasteiger partial charge >= 0.3 is 0 Å². The van der Waals surface area contributed by atoms with Gasteiger partial charge in [-0.05, 0) is 18.2 Å². The van der Waals surface area contributed by atoms with E-state index in [-0.39, 0.29) is 6.42 Å². The summed E-state index contributed by atoms with van der Waals surface area (Å²) >= 11 is 12.2. The molecule has 0 aliphatic heterocycles. The van der Waals surface area contributed by atoms with Crippen molar-refractivity contribution < 1.29 is 0 Å². The Morgan fingerprint density at radius 2 is 2.06 bits per heavy atom. The maximum absolute atomic E-state index is 8.78. The Balaban J connectivity index is 2.82. The molecule has 2 rings (SSSR count). The first-order valence-corrected chi connectivity index (χ1v) is 6.12. The third kappa shape index (κ3) is 2.22. The van der Waals surface area contributed by atoms with Crippen molar-refractivity contribution in [2.24, 2.45) is 0 Å². The molecule has 3 nitrogen and oxygen atoms in total. The summed E-state index contributed by atoms with van der Waals surface area (Å²) < 4.78 is 0. The number of fused-ring (bicyclic) bond motifs is 1. The molecule has 0 saturated heterocycles. The van der Waals surface area contributed by atoms with E-state index >= 15 is 0 Å². The second-order valence-electron chi connectivity index (χ2n) is 4.12. The van der Waals surface area contributed by atoms with Crippen molar-refractivity contribution in [1.29, 1.82) is 5.26 Å². The number of rotatable bonds is 2. The average molecular weight is 280 g/mol. The molecule has 5 heteroatoms. The Morgan fingerprint density at radius 3 is 2.67 bits per heavy atom. The van der Waals surface area contributed by atoms with Crippen LogP contribution in [0, 0.1) is 11.3 Å². The molecule has 0 radical (unpaired) electrons. The number of hydrogen-bond donors (Lipinski definition) is 0. The van der Waals surface area contributed by atoms with Crippen molar-refractivity contribution in [3.63, 3.8) is 0 Å². The highest BCUT2D eigenvalue weighted by Crippen LogP contribution is 2.34. The number of nitrogens with zero attached hydrogens (tertiary/aromatic N) is 3. The molecule has 0 aliphatic rings. The number of nitriles is 1. The average Bonchev–Trinajstić information content (AvgIpc) is 2.34. The van der Waals surface area contributed by atoms with Crippen molar-refractivity contribution >= 4 is 39.8 Å². The van der Waals surface area contributed by atoms with E-state index in [1.165, 1.54) is 0 Å². The summed E-state index contributed by atoms with van der Waals surface area (Å²) in [4.78, 5) is 6.37. The Morgan fingerprint density at radius 1 is 1.33 bits per heavy atom. The lowest BCUT2D eigenvalue weighted by molar-refractivity contribution is 1.10. The minimum absolute atomic E-state index is 0.250. The number of anilines is 1. The molecule has 0 saturated carbocycles. The van der Waals surface area contributed by atoms with Gasteiger partial charge in [-0.25, -0.2) is 4.98 Å². The molecule has 1 heterocycles. The van der Waals surface area contributed by atoms with E-state index in [9.17, 15) is 0 Å². The molecule has 0 amide bonds. The Kier molecular flexibility index (Phi) is 3.60. The predicted molar refractivity (Wildman–Crippen MR) is 75.4 cm³/mol. The molecular weight excluding hydrogens is 269 g/mol. The SMILES string of the molecule is CN(C)c1cc(CC#N)nc2c(Cl)c(Cl)ccc12. The first-order chi connectivity index (χ1) is 8.54. The Bertz CT molecular complexity index is 645. The highest BCUT2D eigenvalue weighted by molar-refractivity contribution is 6.45. The summed E-state index contributed by atoms with van der Waals surface area (Å²) in [5, 5.41) is 10.6. The first kappa shape index (κ1) is 12.9. The molecule has 0 N–H and O–H groups in total. The van der Waals surface area contributed by atoms with Gasteiger partial charge in [0.05, 0.1) is 33.7 Å². The van der Waals surface area contributed by atoms with Gasteiger partial charge in [0.15, 0.2) is 0 Å². The normalized spacial score (nSPS) is 10.4. The minimum Gasteiger partial charge on any atom is -0.377 e. The maximum atomic E-state index is 8.78. The molecular formula is C13H11Cl2N3. The second kappa shape index (κ2) is 5.01. The van der Waals surface area contributed by atoms with E-state index in [1.807, 2.05) is 31.1 Å². The zero-order valence-electron chi connectivity index (χ0n) is 10.0. The first-order valence-electron chi connectivity index (χ1n) is 5.36. The molecule has 0 fully saturated rings. The summed E-state index contributed by atoms with van der Waals surface area (Å²) in [6.45, 7) is 0. The van der Waals surface area contributed by atoms with Gasteiger partial charge < -0.3 is 4.90 Å². The van der Waals surface area contributed by atoms with Crippen LogP contribution in [-0.4, -0.2) is 19.1 Å². The maximum Gasteiger partial charge on any atom is 0.0927 e. The van der Waals surface area contributed by atoms with Crippen LogP contribution in [0.2, 0.25) is 10.0 Å². The predicted octanol–water partition coefficient (Wildman–Crippen LogP) is 3.67. The van der Waals surface area contributed by atoms with Crippen LogP contribution in [0.4, 0.5) is 5.69 Å². The van der Waals surface area contributed by atoms with Gasteiger partial charge in [-0.1, -0.05) is 23.2 Å². The van der Waals surface area contributed by atoms with Crippen molar-refractivity contribution in [2.45, 2.75) is 6.42 Å². The Labute approximate surface area is 116 Å². The fourth-order valence-corrected chi connectivity index (χ4v) is 2.17. The lowest BCUT2D eigenvalue weighted by atomic mass is 10.1. The van der Waals surface area contributed by atoms with Crippen molar-refractivity contribution in [3.05, 3.63) is 33.9 Å². The molecule has 1 aromatic carbocycles. The highest BCUT2D eigenvalue weighted by Gasteiger charge is 2.12. The van der Waals surface area contributed by atoms with Crippen LogP contribution in [0.25, 0.3) is 10.9 Å². The van der Waals surface area contributed by atoms with Crippen molar-refractivity contribution in [2.75, 3.05) is 19.0 Å². The zero-order valence-corrected chi connectivity index (χ0v) is 11.5. The molecule has 0 bridgehead atoms. The largest absolute Gasteiger partial charge is 0.377 e. The van der Waals surface area contributed by atoms with Crippen molar-refractivity contribution in [1.82, 2.24) is 4.98 Å². The monoisotopic (exact) mass is 279 g/mol. The van der Waals surface area contributed by atoms with Crippen LogP contribution >= 0.6 is 23.2 Å². The van der Waals surface area contributed by atoms with Gasteiger partial charge in [0.2, 0.25) is 0 Å². The van der Waals surface area contributed by atoms with Gasteiger partial charge in [0.1, 0.15) is 0 Å². The smallest absolute Gasteiger partial charge is 0.0927 e. The van der Waals surface area contributed by atoms with E-state index in [4.69, 9.17) is 28.5 Å². The summed E-state index contributed by atoms with van der Waals surface area (Å²) in [5.41, 5.74) is 2.31. The minimum atomic E-state index is 0.250. The molecule has 0 spiro atoms. The van der Waals surface area contributed by atoms with Crippen LogP contribution in [0.15, 0.2) is 18.2 Å². The number of hydrogen-bond acceptors (Lipinski definition) is 3. The van der Waals surface area contributed by atoms with Gasteiger partial charge in [-0.3, -0.25) is 0 Å². The molecule has 0 atom stereocenters. The lowest BCUT2D eigenvalue weighted by Gasteiger charge is -2.17. The molecule has 1 aromatic heterocycles. The number of pyridine rings is 1. The molecule has 92 valence electrons. The van der Waals surface area contributed by atoms with Crippen LogP contribution in [0.3, 0.4) is 0 Å². The standard InChI is InChI=1S/C13H11Cl2N3/c1-18(2)11-7-8(5-6-16)17-13-9(11)3-4-10(14)12(13)15/h3-4,7H,5H2,1-2H3. The lowest BCUT2D eigenvalue weighted by Crippen LogP contribution is -2.10. The number of benzene rings is 1. The van der Waals surface area contributed by atoms with E-state index < -0.39 is 0 Å². The molecule has 0 aliphatic carbocycles. The van der Waals surface area contributed by atoms with Gasteiger partial charge in [-0.2, -0.15) is 5.26 Å². The third-order valence-electron chi connectivity index (χ3n) is 2.65. The number of halogens is 2. The number of aromatic nitrogens is 1. The zero-order chi connectivity index (χ0) is 13.3. The van der Waals surface area contributed by atoms with Crippen LogP contribution in [0.1, 0.15) is 5.69 Å². The van der Waals surface area contributed by atoms with Crippen LogP contribution in [-0.2, 0) is 6.42 Å². The van der Waals surface area contributed by atoms with Crippen molar-refractivity contribution in [3.8, 4) is 6.07 Å². The molecule has 0 unspecified atom stereocenters. The van der Waals surface area contributed by atoms with E-state index in [2.05, 4.69) is 11.1 Å². The fourth-order valence-electron chi connectivity index (χ4n) is 1.81. The second-order valence-corrected chi connectivity index (χ2v) is 4.90. The van der Waals surface area contributed by atoms with E-state index in [1.54, 1.807) is 6.07 Å². The van der Waals surface area contributed by atoms with E-state index in [0.717, 1.165) is 11.1 Å². The van der Waals surface area contributed by atoms with E-state index in [0.29, 0.717) is 21.3 Å². The summed E-state index contributed by atoms with van der Waals surface area (Å²) in [6, 6.07) is 7.64. The third-order valence-corrected chi connectivity index (χ3v) is 3.44. The van der Waals surface area contributed by atoms with Crippen LogP contribution < -0.4 is 4.90 Å². The Hall–Kier alpha value is -1.50. The summed E-state index contributed by atoms with van der Waals surface area (Å²) in [5.74, 6) is 0. The molecule has 18 heavy (non-hydrogen) atoms. The van der Waals surface area contributed by atoms with Gasteiger partial charge in [-0.15, -0.1) is 0 Å². The molecule has 2 aromatic rings. The fraction of sp³-hybridized carbons (Fsp3) is 0.231. The summed E-state index contributed by atoms with van der Waals surface area (Å²) in [7, 11) is 3.88. The highest BCUT2D eigenvalue weighted by atomic mass is 35.5. The topological polar surface area (TPSA) is 39.9 Å². The summed E-state index contributed by atoms with van der Waals surface area (Å²) in [6.07, 6.45) is 0.250. The van der Waals surface area contributed by atoms with Gasteiger partial charge in [0, 0.05) is 25.2 Å². The van der Waals surface area contributed by atoms with Crippen LogP contribution in [0.5, 0.6) is 0 Å².